The Morgan fingerprint density at radius 1 is 0.548 bits per heavy atom. The summed E-state index contributed by atoms with van der Waals surface area (Å²) in [5.41, 5.74) is 2.73. The summed E-state index contributed by atoms with van der Waals surface area (Å²) in [6.07, 6.45) is 2.18. The van der Waals surface area contributed by atoms with Crippen molar-refractivity contribution in [3.05, 3.63) is 93.9 Å². The van der Waals surface area contributed by atoms with Crippen LogP contribution in [0.3, 0.4) is 0 Å². The highest BCUT2D eigenvalue weighted by Crippen LogP contribution is 2.33. The molecule has 2 atom stereocenters. The Balaban J connectivity index is 1.40. The summed E-state index contributed by atoms with van der Waals surface area (Å²) in [5.74, 6) is -0.822. The molecule has 0 aromatic heterocycles. The second-order valence-corrected chi connectivity index (χ2v) is 15.3. The molecule has 0 spiro atoms. The molecule has 1 aliphatic carbocycles. The van der Waals surface area contributed by atoms with Gasteiger partial charge in [-0.15, -0.1) is 0 Å². The molecular formula is C30H28Br2N2O6S2. The van der Waals surface area contributed by atoms with Crippen molar-refractivity contribution in [2.24, 2.45) is 0 Å². The monoisotopic (exact) mass is 734 g/mol. The van der Waals surface area contributed by atoms with Gasteiger partial charge in [0, 0.05) is 21.0 Å². The summed E-state index contributed by atoms with van der Waals surface area (Å²) >= 11 is 6.76. The zero-order valence-electron chi connectivity index (χ0n) is 22.2. The van der Waals surface area contributed by atoms with Crippen molar-refractivity contribution in [3.8, 4) is 33.8 Å². The summed E-state index contributed by atoms with van der Waals surface area (Å²) < 4.78 is 61.1. The van der Waals surface area contributed by atoms with Crippen LogP contribution in [0.5, 0.6) is 11.5 Å². The zero-order chi connectivity index (χ0) is 30.1. The van der Waals surface area contributed by atoms with Gasteiger partial charge in [0.15, 0.2) is 0 Å². The average molecular weight is 737 g/mol. The third-order valence-electron chi connectivity index (χ3n) is 7.23. The molecule has 4 aromatic carbocycles. The Hall–Kier alpha value is -2.74. The van der Waals surface area contributed by atoms with E-state index >= 15 is 0 Å². The quantitative estimate of drug-likeness (QED) is 0.163. The maximum absolute atomic E-state index is 13.5. The van der Waals surface area contributed by atoms with Crippen molar-refractivity contribution in [1.82, 2.24) is 9.44 Å². The van der Waals surface area contributed by atoms with Gasteiger partial charge < -0.3 is 10.2 Å². The molecule has 220 valence electrons. The van der Waals surface area contributed by atoms with Crippen molar-refractivity contribution < 1.29 is 27.0 Å². The Morgan fingerprint density at radius 3 is 1.24 bits per heavy atom. The molecule has 0 radical (unpaired) electrons. The minimum atomic E-state index is -4.23. The predicted molar refractivity (Wildman–Crippen MR) is 169 cm³/mol. The van der Waals surface area contributed by atoms with E-state index in [0.29, 0.717) is 36.8 Å². The number of aromatic hydroxyl groups is 2. The lowest BCUT2D eigenvalue weighted by atomic mass is 9.92. The van der Waals surface area contributed by atoms with Crippen molar-refractivity contribution in [2.45, 2.75) is 47.6 Å². The molecule has 0 saturated heterocycles. The number of benzene rings is 4. The highest BCUT2D eigenvalue weighted by molar-refractivity contribution is 9.10. The predicted octanol–water partition coefficient (Wildman–Crippen LogP) is 6.52. The first-order valence-corrected chi connectivity index (χ1v) is 17.7. The highest BCUT2D eigenvalue weighted by Gasteiger charge is 2.34. The van der Waals surface area contributed by atoms with Gasteiger partial charge in [0.25, 0.3) is 0 Å². The molecule has 8 nitrogen and oxygen atoms in total. The second-order valence-electron chi connectivity index (χ2n) is 10.1. The third-order valence-corrected chi connectivity index (χ3v) is 11.3. The van der Waals surface area contributed by atoms with Crippen LogP contribution in [-0.2, 0) is 20.0 Å². The van der Waals surface area contributed by atoms with Gasteiger partial charge in [-0.3, -0.25) is 0 Å². The number of rotatable bonds is 8. The number of hydrogen-bond donors (Lipinski definition) is 4. The van der Waals surface area contributed by atoms with Gasteiger partial charge >= 0.3 is 0 Å². The van der Waals surface area contributed by atoms with E-state index in [-0.39, 0.29) is 9.79 Å². The molecule has 1 fully saturated rings. The summed E-state index contributed by atoms with van der Waals surface area (Å²) in [5, 5.41) is 21.0. The SMILES string of the molecule is O=S(=O)(N[C@@H]1CCCC[C@H]1NS(=O)(=O)c1cc(-c2ccc(Br)cc2)ccc1O)c1cc(-c2ccc(Br)cc2)ccc1O. The van der Waals surface area contributed by atoms with Crippen LogP contribution in [0, 0.1) is 0 Å². The number of nitrogens with one attached hydrogen (secondary N) is 2. The molecule has 0 amide bonds. The van der Waals surface area contributed by atoms with Crippen LogP contribution in [0.25, 0.3) is 22.3 Å². The molecule has 0 bridgehead atoms. The second kappa shape index (κ2) is 12.5. The maximum Gasteiger partial charge on any atom is 0.244 e. The van der Waals surface area contributed by atoms with E-state index in [1.807, 2.05) is 48.5 Å². The van der Waals surface area contributed by atoms with E-state index in [0.717, 1.165) is 20.1 Å². The number of phenolic OH excluding ortho intramolecular Hbond substituents is 2. The van der Waals surface area contributed by atoms with Crippen molar-refractivity contribution in [2.75, 3.05) is 0 Å². The topological polar surface area (TPSA) is 133 Å². The van der Waals surface area contributed by atoms with Crippen molar-refractivity contribution in [3.63, 3.8) is 0 Å². The Bertz CT molecular complexity index is 1680. The largest absolute Gasteiger partial charge is 0.507 e. The van der Waals surface area contributed by atoms with E-state index in [4.69, 9.17) is 0 Å². The smallest absolute Gasteiger partial charge is 0.244 e. The van der Waals surface area contributed by atoms with E-state index < -0.39 is 43.6 Å². The molecule has 1 saturated carbocycles. The normalized spacial score (nSPS) is 17.7. The van der Waals surface area contributed by atoms with Crippen molar-refractivity contribution >= 4 is 51.9 Å². The van der Waals surface area contributed by atoms with Crippen LogP contribution in [0.15, 0.2) is 104 Å². The Kier molecular flexibility index (Phi) is 9.12. The van der Waals surface area contributed by atoms with E-state index in [1.54, 1.807) is 12.1 Å². The average Bonchev–Trinajstić information content (AvgIpc) is 2.95. The standard InChI is InChI=1S/C30H28Br2N2O6S2/c31-23-11-5-19(6-12-23)21-9-15-27(35)29(17-21)41(37,38)33-25-3-1-2-4-26(25)34-42(39,40)30-18-22(10-16-28(30)36)20-7-13-24(32)14-8-20/h5-18,25-26,33-36H,1-4H2/t25-,26-/m1/s1. The van der Waals surface area contributed by atoms with Crippen LogP contribution in [0.4, 0.5) is 0 Å². The fraction of sp³-hybridized carbons (Fsp3) is 0.200. The molecular weight excluding hydrogens is 708 g/mol. The van der Waals surface area contributed by atoms with E-state index in [9.17, 15) is 27.0 Å². The van der Waals surface area contributed by atoms with Gasteiger partial charge in [-0.2, -0.15) is 0 Å². The van der Waals surface area contributed by atoms with Crippen LogP contribution in [0.1, 0.15) is 25.7 Å². The summed E-state index contributed by atoms with van der Waals surface area (Å²) in [4.78, 5) is -0.593. The molecule has 42 heavy (non-hydrogen) atoms. The van der Waals surface area contributed by atoms with Gasteiger partial charge in [0.05, 0.1) is 0 Å². The molecule has 1 aliphatic rings. The molecule has 12 heteroatoms. The van der Waals surface area contributed by atoms with E-state index in [2.05, 4.69) is 41.3 Å². The molecule has 0 aliphatic heterocycles. The molecule has 4 aromatic rings. The first-order valence-electron chi connectivity index (χ1n) is 13.2. The summed E-state index contributed by atoms with van der Waals surface area (Å²) in [6, 6.07) is 21.8. The molecule has 4 N–H and O–H groups in total. The fourth-order valence-corrected chi connectivity index (χ4v) is 8.44. The molecule has 5 rings (SSSR count). The van der Waals surface area contributed by atoms with E-state index in [1.165, 1.54) is 24.3 Å². The minimum Gasteiger partial charge on any atom is -0.507 e. The number of hydrogen-bond acceptors (Lipinski definition) is 6. The fourth-order valence-electron chi connectivity index (χ4n) is 5.04. The molecule has 0 unspecified atom stereocenters. The van der Waals surface area contributed by atoms with Gasteiger partial charge in [-0.25, -0.2) is 26.3 Å². The maximum atomic E-state index is 13.5. The summed E-state index contributed by atoms with van der Waals surface area (Å²) in [7, 11) is -8.47. The van der Waals surface area contributed by atoms with Crippen LogP contribution < -0.4 is 9.44 Å². The summed E-state index contributed by atoms with van der Waals surface area (Å²) in [6.45, 7) is 0. The number of phenols is 2. The lowest BCUT2D eigenvalue weighted by Gasteiger charge is -2.32. The first kappa shape index (κ1) is 30.7. The van der Waals surface area contributed by atoms with Gasteiger partial charge in [0.1, 0.15) is 21.3 Å². The lowest BCUT2D eigenvalue weighted by Crippen LogP contribution is -2.53. The van der Waals surface area contributed by atoms with Crippen molar-refractivity contribution in [1.29, 1.82) is 0 Å². The highest BCUT2D eigenvalue weighted by atomic mass is 79.9. The molecule has 0 heterocycles. The van der Waals surface area contributed by atoms with Gasteiger partial charge in [-0.05, 0) is 83.6 Å². The van der Waals surface area contributed by atoms with Crippen LogP contribution in [0.2, 0.25) is 0 Å². The first-order chi connectivity index (χ1) is 19.9. The Morgan fingerprint density at radius 2 is 0.881 bits per heavy atom. The van der Waals surface area contributed by atoms with Gasteiger partial charge in [0.2, 0.25) is 20.0 Å². The number of sulfonamides is 2. The Labute approximate surface area is 262 Å². The van der Waals surface area contributed by atoms with Crippen LogP contribution >= 0.6 is 31.9 Å². The van der Waals surface area contributed by atoms with Gasteiger partial charge in [-0.1, -0.05) is 81.1 Å². The zero-order valence-corrected chi connectivity index (χ0v) is 27.0. The minimum absolute atomic E-state index is 0.296. The lowest BCUT2D eigenvalue weighted by molar-refractivity contribution is 0.339. The third kappa shape index (κ3) is 6.90. The van der Waals surface area contributed by atoms with Crippen LogP contribution in [-0.4, -0.2) is 39.1 Å². The number of halogens is 2.